The van der Waals surface area contributed by atoms with Crippen LogP contribution < -0.4 is 0 Å². The molecule has 1 aromatic rings. The maximum Gasteiger partial charge on any atom is 0.159 e. The number of halogens is 1. The molecule has 0 aromatic carbocycles. The lowest BCUT2D eigenvalue weighted by molar-refractivity contribution is 0.0769. The van der Waals surface area contributed by atoms with E-state index in [0.29, 0.717) is 11.1 Å². The zero-order chi connectivity index (χ0) is 11.8. The maximum absolute atomic E-state index is 6.27. The summed E-state index contributed by atoms with van der Waals surface area (Å²) in [5.41, 5.74) is 2.31. The van der Waals surface area contributed by atoms with E-state index >= 15 is 0 Å². The van der Waals surface area contributed by atoms with Gasteiger partial charge in [0, 0.05) is 18.4 Å². The quantitative estimate of drug-likeness (QED) is 0.776. The molecule has 1 heterocycles. The fourth-order valence-electron chi connectivity index (χ4n) is 2.60. The number of aryl methyl sites for hydroxylation is 1. The third-order valence-electron chi connectivity index (χ3n) is 3.71. The zero-order valence-corrected chi connectivity index (χ0v) is 10.8. The second kappa shape index (κ2) is 4.54. The van der Waals surface area contributed by atoms with Crippen LogP contribution in [0.1, 0.15) is 48.9 Å². The molecular weight excluding hydrogens is 236 g/mol. The van der Waals surface area contributed by atoms with E-state index in [0.717, 1.165) is 29.9 Å². The smallest absolute Gasteiger partial charge is 0.159 e. The Morgan fingerprint density at radius 3 is 2.71 bits per heavy atom. The molecule has 1 atom stereocenters. The molecule has 3 rings (SSSR count). The summed E-state index contributed by atoms with van der Waals surface area (Å²) in [6.45, 7) is 0. The number of nitrogens with zero attached hydrogens (tertiary/aromatic N) is 2. The molecule has 0 saturated heterocycles. The van der Waals surface area contributed by atoms with Crippen molar-refractivity contribution in [2.24, 2.45) is 5.92 Å². The van der Waals surface area contributed by atoms with Crippen molar-refractivity contribution in [2.75, 3.05) is 7.11 Å². The highest BCUT2D eigenvalue weighted by molar-refractivity contribution is 6.30. The van der Waals surface area contributed by atoms with Crippen LogP contribution in [-0.2, 0) is 17.6 Å². The van der Waals surface area contributed by atoms with E-state index in [1.807, 2.05) is 0 Å². The van der Waals surface area contributed by atoms with Crippen LogP contribution in [0, 0.1) is 5.92 Å². The first-order valence-corrected chi connectivity index (χ1v) is 6.75. The monoisotopic (exact) mass is 252 g/mol. The van der Waals surface area contributed by atoms with Crippen molar-refractivity contribution in [3.63, 3.8) is 0 Å². The van der Waals surface area contributed by atoms with Crippen LogP contribution in [0.3, 0.4) is 0 Å². The average Bonchev–Trinajstić information content (AvgIpc) is 3.15. The number of aromatic nitrogens is 2. The summed E-state index contributed by atoms with van der Waals surface area (Å²) in [5, 5.41) is 0.646. The van der Waals surface area contributed by atoms with Crippen LogP contribution in [-0.4, -0.2) is 17.1 Å². The predicted molar refractivity (Wildman–Crippen MR) is 66.2 cm³/mol. The normalized spacial score (nSPS) is 21.1. The Bertz CT molecular complexity index is 432. The summed E-state index contributed by atoms with van der Waals surface area (Å²) in [6.07, 6.45) is 6.95. The molecule has 0 spiro atoms. The molecule has 2 aliphatic rings. The van der Waals surface area contributed by atoms with Crippen LogP contribution in [0.25, 0.3) is 0 Å². The third kappa shape index (κ3) is 2.18. The van der Waals surface area contributed by atoms with Crippen molar-refractivity contribution < 1.29 is 4.74 Å². The average molecular weight is 253 g/mol. The van der Waals surface area contributed by atoms with Gasteiger partial charge in [-0.15, -0.1) is 0 Å². The van der Waals surface area contributed by atoms with Crippen molar-refractivity contribution >= 4 is 11.6 Å². The number of methoxy groups -OCH3 is 1. The van der Waals surface area contributed by atoms with E-state index < -0.39 is 0 Å². The Hall–Kier alpha value is -0.670. The molecule has 17 heavy (non-hydrogen) atoms. The minimum absolute atomic E-state index is 0.0414. The number of hydrogen-bond donors (Lipinski definition) is 0. The molecule has 0 aliphatic heterocycles. The Kier molecular flexibility index (Phi) is 3.05. The van der Waals surface area contributed by atoms with Gasteiger partial charge in [0.15, 0.2) is 5.82 Å². The maximum atomic E-state index is 6.27. The summed E-state index contributed by atoms with van der Waals surface area (Å²) < 4.78 is 5.52. The van der Waals surface area contributed by atoms with E-state index in [-0.39, 0.29) is 6.10 Å². The Morgan fingerprint density at radius 2 is 2.00 bits per heavy atom. The van der Waals surface area contributed by atoms with Crippen molar-refractivity contribution in [2.45, 2.75) is 44.6 Å². The van der Waals surface area contributed by atoms with Crippen LogP contribution in [0.15, 0.2) is 0 Å². The SMILES string of the molecule is COC(c1nc(Cl)c2c(n1)CCCC2)C1CC1. The van der Waals surface area contributed by atoms with Crippen LogP contribution in [0.5, 0.6) is 0 Å². The summed E-state index contributed by atoms with van der Waals surface area (Å²) in [5.74, 6) is 1.39. The minimum Gasteiger partial charge on any atom is -0.373 e. The number of fused-ring (bicyclic) bond motifs is 1. The first kappa shape index (κ1) is 11.4. The van der Waals surface area contributed by atoms with Crippen molar-refractivity contribution in [1.82, 2.24) is 9.97 Å². The molecule has 2 aliphatic carbocycles. The van der Waals surface area contributed by atoms with E-state index in [1.165, 1.54) is 25.7 Å². The molecule has 1 saturated carbocycles. The van der Waals surface area contributed by atoms with Gasteiger partial charge in [-0.2, -0.15) is 0 Å². The van der Waals surface area contributed by atoms with Gasteiger partial charge in [0.2, 0.25) is 0 Å². The van der Waals surface area contributed by atoms with Gasteiger partial charge in [-0.3, -0.25) is 0 Å². The second-order valence-electron chi connectivity index (χ2n) is 5.00. The first-order valence-electron chi connectivity index (χ1n) is 6.37. The van der Waals surface area contributed by atoms with Crippen LogP contribution in [0.2, 0.25) is 5.15 Å². The summed E-state index contributed by atoms with van der Waals surface area (Å²) in [7, 11) is 1.74. The molecule has 1 aromatic heterocycles. The molecule has 0 bridgehead atoms. The van der Waals surface area contributed by atoms with Crippen molar-refractivity contribution in [3.05, 3.63) is 22.2 Å². The molecule has 0 amide bonds. The van der Waals surface area contributed by atoms with Crippen molar-refractivity contribution in [3.8, 4) is 0 Å². The summed E-state index contributed by atoms with van der Waals surface area (Å²) >= 11 is 6.27. The fraction of sp³-hybridized carbons (Fsp3) is 0.692. The largest absolute Gasteiger partial charge is 0.373 e. The lowest BCUT2D eigenvalue weighted by atomic mass is 9.97. The highest BCUT2D eigenvalue weighted by Crippen LogP contribution is 2.42. The minimum atomic E-state index is 0.0414. The molecule has 4 heteroatoms. The standard InChI is InChI=1S/C13H17ClN2O/c1-17-11(8-6-7-8)13-15-10-5-3-2-4-9(10)12(14)16-13/h8,11H,2-7H2,1H3. The van der Waals surface area contributed by atoms with Gasteiger partial charge >= 0.3 is 0 Å². The van der Waals surface area contributed by atoms with Gasteiger partial charge in [-0.25, -0.2) is 9.97 Å². The van der Waals surface area contributed by atoms with Crippen molar-refractivity contribution in [1.29, 1.82) is 0 Å². The fourth-order valence-corrected chi connectivity index (χ4v) is 2.89. The molecular formula is C13H17ClN2O. The summed E-state index contributed by atoms with van der Waals surface area (Å²) in [4.78, 5) is 9.13. The van der Waals surface area contributed by atoms with E-state index in [4.69, 9.17) is 16.3 Å². The first-order chi connectivity index (χ1) is 8.29. The zero-order valence-electron chi connectivity index (χ0n) is 10.1. The number of rotatable bonds is 3. The molecule has 1 fully saturated rings. The highest BCUT2D eigenvalue weighted by atomic mass is 35.5. The predicted octanol–water partition coefficient (Wildman–Crippen LogP) is 3.11. The molecule has 0 radical (unpaired) electrons. The molecule has 0 N–H and O–H groups in total. The van der Waals surface area contributed by atoms with Gasteiger partial charge < -0.3 is 4.74 Å². The lowest BCUT2D eigenvalue weighted by Gasteiger charge is -2.19. The number of hydrogen-bond acceptors (Lipinski definition) is 3. The van der Waals surface area contributed by atoms with Gasteiger partial charge in [0.05, 0.1) is 0 Å². The Morgan fingerprint density at radius 1 is 1.24 bits per heavy atom. The lowest BCUT2D eigenvalue weighted by Crippen LogP contribution is -2.15. The van der Waals surface area contributed by atoms with Gasteiger partial charge in [0.1, 0.15) is 11.3 Å². The van der Waals surface area contributed by atoms with E-state index in [2.05, 4.69) is 9.97 Å². The third-order valence-corrected chi connectivity index (χ3v) is 4.02. The topological polar surface area (TPSA) is 35.0 Å². The van der Waals surface area contributed by atoms with Crippen LogP contribution >= 0.6 is 11.6 Å². The highest BCUT2D eigenvalue weighted by Gasteiger charge is 2.35. The van der Waals surface area contributed by atoms with E-state index in [1.54, 1.807) is 7.11 Å². The molecule has 3 nitrogen and oxygen atoms in total. The van der Waals surface area contributed by atoms with Gasteiger partial charge in [-0.1, -0.05) is 11.6 Å². The molecule has 1 unspecified atom stereocenters. The number of ether oxygens (including phenoxy) is 1. The van der Waals surface area contributed by atoms with Crippen LogP contribution in [0.4, 0.5) is 0 Å². The Balaban J connectivity index is 1.97. The van der Waals surface area contributed by atoms with Gasteiger partial charge in [-0.05, 0) is 44.4 Å². The molecule has 92 valence electrons. The second-order valence-corrected chi connectivity index (χ2v) is 5.36. The Labute approximate surface area is 107 Å². The van der Waals surface area contributed by atoms with E-state index in [9.17, 15) is 0 Å². The van der Waals surface area contributed by atoms with Gasteiger partial charge in [0.25, 0.3) is 0 Å². The summed E-state index contributed by atoms with van der Waals surface area (Å²) in [6, 6.07) is 0.